The molecular formula is C14H27NO. The maximum Gasteiger partial charge on any atom is 0.0915 e. The Morgan fingerprint density at radius 1 is 1.06 bits per heavy atom. The first-order valence-electron chi connectivity index (χ1n) is 7.34. The second kappa shape index (κ2) is 5.50. The van der Waals surface area contributed by atoms with Gasteiger partial charge in [0, 0.05) is 18.8 Å². The van der Waals surface area contributed by atoms with Crippen LogP contribution in [0.15, 0.2) is 0 Å². The van der Waals surface area contributed by atoms with Crippen molar-refractivity contribution in [1.29, 1.82) is 0 Å². The third-order valence-electron chi connectivity index (χ3n) is 4.71. The van der Waals surface area contributed by atoms with Crippen LogP contribution in [0.1, 0.15) is 64.7 Å². The molecule has 1 unspecified atom stereocenters. The number of likely N-dealkylation sites (tertiary alicyclic amines) is 1. The van der Waals surface area contributed by atoms with Gasteiger partial charge >= 0.3 is 0 Å². The highest BCUT2D eigenvalue weighted by atomic mass is 16.5. The molecule has 0 spiro atoms. The van der Waals surface area contributed by atoms with E-state index in [4.69, 9.17) is 0 Å². The van der Waals surface area contributed by atoms with Crippen molar-refractivity contribution in [3.05, 3.63) is 5.21 Å². The van der Waals surface area contributed by atoms with Gasteiger partial charge in [-0.05, 0) is 19.3 Å². The average molecular weight is 225 g/mol. The molecule has 1 aliphatic heterocycles. The van der Waals surface area contributed by atoms with Gasteiger partial charge in [0.15, 0.2) is 0 Å². The lowest BCUT2D eigenvalue weighted by atomic mass is 9.81. The predicted octanol–water partition coefficient (Wildman–Crippen LogP) is 3.84. The lowest BCUT2D eigenvalue weighted by molar-refractivity contribution is -0.898. The van der Waals surface area contributed by atoms with Crippen LogP contribution in [0.4, 0.5) is 0 Å². The van der Waals surface area contributed by atoms with Gasteiger partial charge in [-0.25, -0.2) is 0 Å². The summed E-state index contributed by atoms with van der Waals surface area (Å²) in [6.45, 7) is 4.04. The molecule has 1 heterocycles. The summed E-state index contributed by atoms with van der Waals surface area (Å²) in [5, 5.41) is 12.8. The van der Waals surface area contributed by atoms with E-state index in [1.165, 1.54) is 38.5 Å². The van der Waals surface area contributed by atoms with E-state index in [0.717, 1.165) is 38.3 Å². The van der Waals surface area contributed by atoms with Crippen molar-refractivity contribution in [2.24, 2.45) is 5.92 Å². The van der Waals surface area contributed by atoms with E-state index in [1.807, 2.05) is 0 Å². The van der Waals surface area contributed by atoms with Crippen LogP contribution in [0.3, 0.4) is 0 Å². The largest absolute Gasteiger partial charge is 0.633 e. The summed E-state index contributed by atoms with van der Waals surface area (Å²) in [5.74, 6) is 0.740. The molecule has 0 N–H and O–H groups in total. The lowest BCUT2D eigenvalue weighted by Crippen LogP contribution is -2.52. The summed E-state index contributed by atoms with van der Waals surface area (Å²) >= 11 is 0. The summed E-state index contributed by atoms with van der Waals surface area (Å²) in [6.07, 6.45) is 11.5. The standard InChI is InChI=1S/C14H27NO/c1-2-8-14(13-9-4-3-5-10-13)15(16)11-6-7-12-15/h13-14H,2-12H2,1H3. The Balaban J connectivity index is 2.02. The van der Waals surface area contributed by atoms with Crippen LogP contribution in [0.5, 0.6) is 0 Å². The second-order valence-electron chi connectivity index (χ2n) is 5.86. The molecule has 2 rings (SSSR count). The van der Waals surface area contributed by atoms with Gasteiger partial charge in [-0.15, -0.1) is 0 Å². The summed E-state index contributed by atoms with van der Waals surface area (Å²) in [6, 6.07) is 0.438. The van der Waals surface area contributed by atoms with Crippen molar-refractivity contribution in [2.75, 3.05) is 13.1 Å². The normalized spacial score (nSPS) is 28.1. The zero-order chi connectivity index (χ0) is 11.4. The van der Waals surface area contributed by atoms with Gasteiger partial charge in [0.05, 0.1) is 19.1 Å². The van der Waals surface area contributed by atoms with E-state index >= 15 is 0 Å². The topological polar surface area (TPSA) is 23.1 Å². The van der Waals surface area contributed by atoms with E-state index < -0.39 is 0 Å². The van der Waals surface area contributed by atoms with Crippen LogP contribution < -0.4 is 0 Å². The fourth-order valence-corrected chi connectivity index (χ4v) is 3.87. The Labute approximate surface area is 100 Å². The van der Waals surface area contributed by atoms with E-state index in [-0.39, 0.29) is 4.65 Å². The smallest absolute Gasteiger partial charge is 0.0915 e. The molecule has 1 saturated carbocycles. The number of hydrogen-bond acceptors (Lipinski definition) is 1. The third-order valence-corrected chi connectivity index (χ3v) is 4.71. The number of hydroxylamine groups is 3. The van der Waals surface area contributed by atoms with Crippen molar-refractivity contribution in [1.82, 2.24) is 0 Å². The van der Waals surface area contributed by atoms with Crippen LogP contribution in [-0.2, 0) is 0 Å². The van der Waals surface area contributed by atoms with Crippen molar-refractivity contribution < 1.29 is 4.65 Å². The first kappa shape index (κ1) is 12.4. The first-order valence-corrected chi connectivity index (χ1v) is 7.34. The van der Waals surface area contributed by atoms with Gasteiger partial charge in [0.2, 0.25) is 0 Å². The highest BCUT2D eigenvalue weighted by Gasteiger charge is 2.37. The summed E-state index contributed by atoms with van der Waals surface area (Å²) in [7, 11) is 0. The molecule has 0 aromatic carbocycles. The molecule has 1 saturated heterocycles. The lowest BCUT2D eigenvalue weighted by Gasteiger charge is -2.49. The highest BCUT2D eigenvalue weighted by molar-refractivity contribution is 4.77. The molecule has 0 aromatic heterocycles. The fraction of sp³-hybridized carbons (Fsp3) is 1.00. The molecule has 0 amide bonds. The summed E-state index contributed by atoms with van der Waals surface area (Å²) < 4.78 is 0.165. The van der Waals surface area contributed by atoms with Crippen molar-refractivity contribution >= 4 is 0 Å². The van der Waals surface area contributed by atoms with Crippen LogP contribution in [0, 0.1) is 11.1 Å². The van der Waals surface area contributed by atoms with E-state index in [0.29, 0.717) is 6.04 Å². The average Bonchev–Trinajstić information content (AvgIpc) is 2.75. The highest BCUT2D eigenvalue weighted by Crippen LogP contribution is 2.36. The van der Waals surface area contributed by atoms with Gasteiger partial charge < -0.3 is 9.85 Å². The number of hydrogen-bond donors (Lipinski definition) is 0. The second-order valence-corrected chi connectivity index (χ2v) is 5.86. The summed E-state index contributed by atoms with van der Waals surface area (Å²) in [5.41, 5.74) is 0. The maximum atomic E-state index is 12.8. The number of nitrogens with zero attached hydrogens (tertiary/aromatic N) is 1. The molecule has 2 heteroatoms. The molecule has 16 heavy (non-hydrogen) atoms. The van der Waals surface area contributed by atoms with Crippen LogP contribution in [-0.4, -0.2) is 23.8 Å². The van der Waals surface area contributed by atoms with Gasteiger partial charge in [-0.1, -0.05) is 32.6 Å². The third kappa shape index (κ3) is 2.60. The number of quaternary nitrogens is 1. The Morgan fingerprint density at radius 2 is 1.69 bits per heavy atom. The molecule has 0 aromatic rings. The molecule has 2 fully saturated rings. The molecule has 1 atom stereocenters. The van der Waals surface area contributed by atoms with E-state index in [1.54, 1.807) is 0 Å². The molecule has 1 aliphatic carbocycles. The molecule has 94 valence electrons. The van der Waals surface area contributed by atoms with Crippen molar-refractivity contribution in [3.63, 3.8) is 0 Å². The molecule has 0 radical (unpaired) electrons. The van der Waals surface area contributed by atoms with Gasteiger partial charge in [-0.2, -0.15) is 0 Å². The van der Waals surface area contributed by atoms with Gasteiger partial charge in [0.25, 0.3) is 0 Å². The van der Waals surface area contributed by atoms with Crippen molar-refractivity contribution in [3.8, 4) is 0 Å². The van der Waals surface area contributed by atoms with Gasteiger partial charge in [-0.3, -0.25) is 0 Å². The van der Waals surface area contributed by atoms with Crippen LogP contribution >= 0.6 is 0 Å². The van der Waals surface area contributed by atoms with Gasteiger partial charge in [0.1, 0.15) is 0 Å². The number of rotatable bonds is 4. The predicted molar refractivity (Wildman–Crippen MR) is 67.9 cm³/mol. The Kier molecular flexibility index (Phi) is 4.26. The zero-order valence-corrected chi connectivity index (χ0v) is 10.8. The fourth-order valence-electron chi connectivity index (χ4n) is 3.87. The van der Waals surface area contributed by atoms with Crippen LogP contribution in [0.2, 0.25) is 0 Å². The van der Waals surface area contributed by atoms with Crippen molar-refractivity contribution in [2.45, 2.75) is 70.8 Å². The molecular weight excluding hydrogens is 198 g/mol. The van der Waals surface area contributed by atoms with E-state index in [9.17, 15) is 5.21 Å². The molecule has 2 aliphatic rings. The SMILES string of the molecule is CCCC(C1CCCCC1)[N+]1([O-])CCCC1. The molecule has 0 bridgehead atoms. The van der Waals surface area contributed by atoms with E-state index in [2.05, 4.69) is 6.92 Å². The Bertz CT molecular complexity index is 205. The summed E-state index contributed by atoms with van der Waals surface area (Å²) in [4.78, 5) is 0. The maximum absolute atomic E-state index is 12.8. The molecule has 2 nitrogen and oxygen atoms in total. The zero-order valence-electron chi connectivity index (χ0n) is 10.8. The monoisotopic (exact) mass is 225 g/mol. The Hall–Kier alpha value is -0.0800. The quantitative estimate of drug-likeness (QED) is 0.526. The minimum absolute atomic E-state index is 0.165. The minimum atomic E-state index is 0.165. The minimum Gasteiger partial charge on any atom is -0.633 e. The Morgan fingerprint density at radius 3 is 2.25 bits per heavy atom. The van der Waals surface area contributed by atoms with Crippen LogP contribution in [0.25, 0.3) is 0 Å². The first-order chi connectivity index (χ1) is 7.76.